The van der Waals surface area contributed by atoms with Gasteiger partial charge in [-0.05, 0) is 19.1 Å². The second-order valence-corrected chi connectivity index (χ2v) is 7.07. The molecular formula is C21H19ClFN3O7. The number of hydrogen-bond donors (Lipinski definition) is 0. The minimum atomic E-state index is -0.912. The Kier molecular flexibility index (Phi) is 7.02. The molecule has 1 aromatic carbocycles. The fourth-order valence-corrected chi connectivity index (χ4v) is 2.92. The number of hydrogen-bond acceptors (Lipinski definition) is 8. The van der Waals surface area contributed by atoms with Gasteiger partial charge in [0.15, 0.2) is 12.4 Å². The van der Waals surface area contributed by atoms with Crippen molar-refractivity contribution in [1.82, 2.24) is 14.1 Å². The summed E-state index contributed by atoms with van der Waals surface area (Å²) in [7, 11) is 4.03. The number of methoxy groups -OCH3 is 2. The SMILES string of the molecule is COC(=O)COc1nc(OC)ccc1Oc1cc(-n2c(=O)cc(C)n(C)c2=O)c(F)cc1Cl. The minimum absolute atomic E-state index is 0.00307. The number of nitrogens with zero attached hydrogens (tertiary/aromatic N) is 3. The van der Waals surface area contributed by atoms with Crippen LogP contribution in [0.2, 0.25) is 5.02 Å². The summed E-state index contributed by atoms with van der Waals surface area (Å²) in [6.45, 7) is 1.11. The molecule has 2 heterocycles. The van der Waals surface area contributed by atoms with Crippen LogP contribution in [0.1, 0.15) is 5.69 Å². The highest BCUT2D eigenvalue weighted by Crippen LogP contribution is 2.37. The van der Waals surface area contributed by atoms with Gasteiger partial charge in [0.05, 0.1) is 24.9 Å². The predicted octanol–water partition coefficient (Wildman–Crippen LogP) is 2.38. The monoisotopic (exact) mass is 479 g/mol. The maximum Gasteiger partial charge on any atom is 0.343 e. The number of aromatic nitrogens is 3. The maximum absolute atomic E-state index is 14.7. The molecule has 3 aromatic rings. The average molecular weight is 480 g/mol. The van der Waals surface area contributed by atoms with Crippen molar-refractivity contribution in [3.05, 3.63) is 67.7 Å². The zero-order valence-electron chi connectivity index (χ0n) is 18.0. The zero-order chi connectivity index (χ0) is 24.3. The molecule has 0 fully saturated rings. The van der Waals surface area contributed by atoms with E-state index >= 15 is 0 Å². The van der Waals surface area contributed by atoms with Gasteiger partial charge in [-0.25, -0.2) is 18.5 Å². The molecule has 33 heavy (non-hydrogen) atoms. The number of carbonyl (C=O) groups excluding carboxylic acids is 1. The molecule has 3 rings (SSSR count). The number of esters is 1. The van der Waals surface area contributed by atoms with E-state index < -0.39 is 29.6 Å². The molecule has 2 aromatic heterocycles. The number of benzene rings is 1. The molecule has 0 bridgehead atoms. The lowest BCUT2D eigenvalue weighted by molar-refractivity contribution is -0.143. The lowest BCUT2D eigenvalue weighted by atomic mass is 10.2. The second kappa shape index (κ2) is 9.74. The van der Waals surface area contributed by atoms with Crippen molar-refractivity contribution in [2.45, 2.75) is 6.92 Å². The first-order valence-electron chi connectivity index (χ1n) is 9.37. The molecule has 12 heteroatoms. The predicted molar refractivity (Wildman–Crippen MR) is 115 cm³/mol. The molecule has 0 aliphatic rings. The van der Waals surface area contributed by atoms with Crippen molar-refractivity contribution in [3.63, 3.8) is 0 Å². The van der Waals surface area contributed by atoms with Gasteiger partial charge in [-0.1, -0.05) is 11.6 Å². The molecular weight excluding hydrogens is 461 g/mol. The highest BCUT2D eigenvalue weighted by atomic mass is 35.5. The number of ether oxygens (including phenoxy) is 4. The summed E-state index contributed by atoms with van der Waals surface area (Å²) in [6, 6.07) is 6.09. The van der Waals surface area contributed by atoms with Crippen molar-refractivity contribution < 1.29 is 28.1 Å². The fourth-order valence-electron chi connectivity index (χ4n) is 2.74. The van der Waals surface area contributed by atoms with E-state index in [1.165, 1.54) is 44.0 Å². The first-order valence-corrected chi connectivity index (χ1v) is 9.75. The second-order valence-electron chi connectivity index (χ2n) is 6.66. The summed E-state index contributed by atoms with van der Waals surface area (Å²) in [5, 5.41) is -0.150. The van der Waals surface area contributed by atoms with Gasteiger partial charge in [0.2, 0.25) is 5.88 Å². The van der Waals surface area contributed by atoms with E-state index in [1.807, 2.05) is 0 Å². The molecule has 0 N–H and O–H groups in total. The minimum Gasteiger partial charge on any atom is -0.481 e. The van der Waals surface area contributed by atoms with Crippen LogP contribution in [0.25, 0.3) is 5.69 Å². The van der Waals surface area contributed by atoms with Crippen LogP contribution in [0.4, 0.5) is 4.39 Å². The van der Waals surface area contributed by atoms with Crippen molar-refractivity contribution in [2.75, 3.05) is 20.8 Å². The van der Waals surface area contributed by atoms with Crippen LogP contribution in [0, 0.1) is 12.7 Å². The summed E-state index contributed by atoms with van der Waals surface area (Å²) in [4.78, 5) is 40.6. The molecule has 0 saturated heterocycles. The molecule has 174 valence electrons. The molecule has 0 radical (unpaired) electrons. The van der Waals surface area contributed by atoms with Gasteiger partial charge in [-0.2, -0.15) is 4.98 Å². The highest BCUT2D eigenvalue weighted by Gasteiger charge is 2.19. The third-order valence-corrected chi connectivity index (χ3v) is 4.88. The van der Waals surface area contributed by atoms with Crippen LogP contribution < -0.4 is 25.5 Å². The van der Waals surface area contributed by atoms with Gasteiger partial charge in [0.1, 0.15) is 11.6 Å². The van der Waals surface area contributed by atoms with Gasteiger partial charge in [0.25, 0.3) is 11.4 Å². The molecule has 0 spiro atoms. The Balaban J connectivity index is 2.08. The Labute approximate surface area is 191 Å². The fraction of sp³-hybridized carbons (Fsp3) is 0.238. The van der Waals surface area contributed by atoms with E-state index in [1.54, 1.807) is 6.92 Å². The van der Waals surface area contributed by atoms with Gasteiger partial charge in [-0.15, -0.1) is 0 Å². The lowest BCUT2D eigenvalue weighted by Crippen LogP contribution is -2.38. The quantitative estimate of drug-likeness (QED) is 0.475. The van der Waals surface area contributed by atoms with E-state index in [4.69, 9.17) is 25.8 Å². The summed E-state index contributed by atoms with van der Waals surface area (Å²) in [5.74, 6) is -1.64. The van der Waals surface area contributed by atoms with Crippen molar-refractivity contribution in [1.29, 1.82) is 0 Å². The van der Waals surface area contributed by atoms with Gasteiger partial charge in [-0.3, -0.25) is 4.79 Å². The molecule has 0 unspecified atom stereocenters. The third-order valence-electron chi connectivity index (χ3n) is 4.59. The number of pyridine rings is 1. The van der Waals surface area contributed by atoms with Crippen molar-refractivity contribution >= 4 is 17.6 Å². The number of rotatable bonds is 7. The average Bonchev–Trinajstić information content (AvgIpc) is 2.79. The Morgan fingerprint density at radius 2 is 1.88 bits per heavy atom. The van der Waals surface area contributed by atoms with Crippen molar-refractivity contribution in [2.24, 2.45) is 7.05 Å². The van der Waals surface area contributed by atoms with E-state index in [-0.39, 0.29) is 34.0 Å². The van der Waals surface area contributed by atoms with Gasteiger partial charge in [0, 0.05) is 30.9 Å². The van der Waals surface area contributed by atoms with Crippen LogP contribution in [0.15, 0.2) is 39.9 Å². The first-order chi connectivity index (χ1) is 15.7. The lowest BCUT2D eigenvalue weighted by Gasteiger charge is -2.15. The van der Waals surface area contributed by atoms with Crippen LogP contribution in [-0.4, -0.2) is 40.9 Å². The van der Waals surface area contributed by atoms with E-state index in [2.05, 4.69) is 9.72 Å². The number of aryl methyl sites for hydroxylation is 1. The highest BCUT2D eigenvalue weighted by molar-refractivity contribution is 6.32. The Morgan fingerprint density at radius 1 is 1.15 bits per heavy atom. The number of halogens is 2. The van der Waals surface area contributed by atoms with Crippen molar-refractivity contribution in [3.8, 4) is 28.9 Å². The largest absolute Gasteiger partial charge is 0.481 e. The number of carbonyl (C=O) groups is 1. The van der Waals surface area contributed by atoms with E-state index in [0.717, 1.165) is 12.1 Å². The third kappa shape index (κ3) is 4.98. The van der Waals surface area contributed by atoms with Crippen LogP contribution in [0.5, 0.6) is 23.3 Å². The molecule has 0 aliphatic heterocycles. The normalized spacial score (nSPS) is 10.6. The van der Waals surface area contributed by atoms with Gasteiger partial charge < -0.3 is 23.5 Å². The standard InChI is InChI=1S/C21H19ClFN3O7/c1-11-7-18(27)26(21(29)25(11)2)14-9-16(12(22)8-13(14)23)33-15-5-6-17(30-3)24-20(15)32-10-19(28)31-4/h5-9H,10H2,1-4H3. The Morgan fingerprint density at radius 3 is 2.55 bits per heavy atom. The summed E-state index contributed by atoms with van der Waals surface area (Å²) in [5.41, 5.74) is -1.43. The van der Waals surface area contributed by atoms with E-state index in [9.17, 15) is 18.8 Å². The molecule has 0 saturated carbocycles. The smallest absolute Gasteiger partial charge is 0.343 e. The maximum atomic E-state index is 14.7. The van der Waals surface area contributed by atoms with E-state index in [0.29, 0.717) is 10.3 Å². The summed E-state index contributed by atoms with van der Waals surface area (Å²) in [6.07, 6.45) is 0. The summed E-state index contributed by atoms with van der Waals surface area (Å²) >= 11 is 6.14. The zero-order valence-corrected chi connectivity index (χ0v) is 18.8. The van der Waals surface area contributed by atoms with Crippen LogP contribution in [0.3, 0.4) is 0 Å². The molecule has 0 atom stereocenters. The Bertz CT molecular complexity index is 1340. The van der Waals surface area contributed by atoms with Crippen LogP contribution >= 0.6 is 11.6 Å². The molecule has 0 aliphatic carbocycles. The Hall–Kier alpha value is -3.86. The summed E-state index contributed by atoms with van der Waals surface area (Å²) < 4.78 is 37.2. The molecule has 10 nitrogen and oxygen atoms in total. The topological polar surface area (TPSA) is 111 Å². The first kappa shape index (κ1) is 23.8. The molecule has 0 amide bonds. The van der Waals surface area contributed by atoms with Crippen LogP contribution in [-0.2, 0) is 16.6 Å². The van der Waals surface area contributed by atoms with Gasteiger partial charge >= 0.3 is 11.7 Å².